The third-order valence-corrected chi connectivity index (χ3v) is 5.18. The quantitative estimate of drug-likeness (QED) is 0.340. The maximum absolute atomic E-state index is 15.1. The van der Waals surface area contributed by atoms with Crippen molar-refractivity contribution in [3.8, 4) is 22.3 Å². The summed E-state index contributed by atoms with van der Waals surface area (Å²) in [5, 5.41) is 2.35. The number of hydrogen-bond donors (Lipinski definition) is 0. The molecule has 0 spiro atoms. The van der Waals surface area contributed by atoms with Gasteiger partial charge in [-0.2, -0.15) is 0 Å². The van der Waals surface area contributed by atoms with Gasteiger partial charge < -0.3 is 0 Å². The molecule has 134 valence electrons. The van der Waals surface area contributed by atoms with E-state index in [-0.39, 0.29) is 5.82 Å². The van der Waals surface area contributed by atoms with Crippen molar-refractivity contribution in [3.05, 3.63) is 95.3 Å². The van der Waals surface area contributed by atoms with E-state index in [2.05, 4.69) is 13.0 Å². The summed E-state index contributed by atoms with van der Waals surface area (Å²) in [5.41, 5.74) is 4.94. The van der Waals surface area contributed by atoms with Gasteiger partial charge in [-0.3, -0.25) is 0 Å². The lowest BCUT2D eigenvalue weighted by molar-refractivity contribution is 0.643. The molecule has 0 nitrogen and oxygen atoms in total. The Balaban J connectivity index is 1.70. The fourth-order valence-electron chi connectivity index (χ4n) is 3.49. The summed E-state index contributed by atoms with van der Waals surface area (Å²) in [6.45, 7) is 2.15. The Kier molecular flexibility index (Phi) is 4.96. The largest absolute Gasteiger partial charge is 0.206 e. The number of rotatable bonds is 4. The highest BCUT2D eigenvalue weighted by atomic mass is 35.5. The molecule has 0 saturated carbocycles. The third-order valence-electron chi connectivity index (χ3n) is 4.93. The molecule has 0 unspecified atom stereocenters. The fourth-order valence-corrected chi connectivity index (χ4v) is 3.62. The zero-order chi connectivity index (χ0) is 18.8. The van der Waals surface area contributed by atoms with Gasteiger partial charge in [0.15, 0.2) is 0 Å². The predicted octanol–water partition coefficient (Wildman–Crippen LogP) is 7.92. The Labute approximate surface area is 164 Å². The molecule has 0 amide bonds. The van der Waals surface area contributed by atoms with E-state index in [4.69, 9.17) is 11.6 Å². The molecule has 0 aliphatic rings. The van der Waals surface area contributed by atoms with Crippen LogP contribution in [0.25, 0.3) is 33.0 Å². The SMILES string of the molecule is CCCc1ccc2c(F)c(-c3ccc(-c4ccc(Cl)cc4)cc3)ccc2c1. The Morgan fingerprint density at radius 3 is 2.04 bits per heavy atom. The van der Waals surface area contributed by atoms with Crippen LogP contribution >= 0.6 is 11.6 Å². The summed E-state index contributed by atoms with van der Waals surface area (Å²) >= 11 is 5.96. The van der Waals surface area contributed by atoms with Gasteiger partial charge in [-0.05, 0) is 46.2 Å². The number of benzene rings is 4. The van der Waals surface area contributed by atoms with Crippen LogP contribution < -0.4 is 0 Å². The van der Waals surface area contributed by atoms with Crippen LogP contribution in [0.15, 0.2) is 78.9 Å². The monoisotopic (exact) mass is 374 g/mol. The molecule has 0 heterocycles. The van der Waals surface area contributed by atoms with Gasteiger partial charge in [-0.1, -0.05) is 91.7 Å². The number of hydrogen-bond acceptors (Lipinski definition) is 0. The second-order valence-corrected chi connectivity index (χ2v) is 7.25. The van der Waals surface area contributed by atoms with Gasteiger partial charge >= 0.3 is 0 Å². The van der Waals surface area contributed by atoms with Crippen LogP contribution in [0, 0.1) is 5.82 Å². The van der Waals surface area contributed by atoms with Crippen molar-refractivity contribution < 1.29 is 4.39 Å². The van der Waals surface area contributed by atoms with E-state index in [0.29, 0.717) is 10.9 Å². The minimum absolute atomic E-state index is 0.158. The summed E-state index contributed by atoms with van der Waals surface area (Å²) in [6.07, 6.45) is 2.11. The van der Waals surface area contributed by atoms with Crippen molar-refractivity contribution in [1.82, 2.24) is 0 Å². The highest BCUT2D eigenvalue weighted by molar-refractivity contribution is 6.30. The first-order valence-corrected chi connectivity index (χ1v) is 9.61. The molecule has 0 aromatic heterocycles. The van der Waals surface area contributed by atoms with Crippen LogP contribution in [0.4, 0.5) is 4.39 Å². The molecule has 0 atom stereocenters. The van der Waals surface area contributed by atoms with Crippen molar-refractivity contribution in [3.63, 3.8) is 0 Å². The number of fused-ring (bicyclic) bond motifs is 1. The van der Waals surface area contributed by atoms with Crippen LogP contribution in [-0.2, 0) is 6.42 Å². The molecule has 2 heteroatoms. The van der Waals surface area contributed by atoms with Crippen LogP contribution in [0.3, 0.4) is 0 Å². The summed E-state index contributed by atoms with van der Waals surface area (Å²) in [4.78, 5) is 0. The molecule has 0 bridgehead atoms. The van der Waals surface area contributed by atoms with Crippen molar-refractivity contribution >= 4 is 22.4 Å². The molecule has 0 saturated heterocycles. The minimum Gasteiger partial charge on any atom is -0.206 e. The predicted molar refractivity (Wildman–Crippen MR) is 114 cm³/mol. The zero-order valence-electron chi connectivity index (χ0n) is 15.2. The van der Waals surface area contributed by atoms with Crippen molar-refractivity contribution in [2.45, 2.75) is 19.8 Å². The van der Waals surface area contributed by atoms with Crippen LogP contribution in [0.1, 0.15) is 18.9 Å². The zero-order valence-corrected chi connectivity index (χ0v) is 15.9. The molecular weight excluding hydrogens is 355 g/mol. The Morgan fingerprint density at radius 1 is 0.741 bits per heavy atom. The Hall–Kier alpha value is -2.64. The van der Waals surface area contributed by atoms with E-state index in [1.807, 2.05) is 72.8 Å². The fraction of sp³-hybridized carbons (Fsp3) is 0.120. The van der Waals surface area contributed by atoms with Gasteiger partial charge in [0.25, 0.3) is 0 Å². The Bertz CT molecular complexity index is 1080. The number of aryl methyl sites for hydroxylation is 1. The first-order valence-electron chi connectivity index (χ1n) is 9.23. The van der Waals surface area contributed by atoms with E-state index < -0.39 is 0 Å². The van der Waals surface area contributed by atoms with E-state index in [0.717, 1.165) is 39.9 Å². The normalized spacial score (nSPS) is 11.1. The summed E-state index contributed by atoms with van der Waals surface area (Å²) in [6, 6.07) is 25.6. The average Bonchev–Trinajstić information content (AvgIpc) is 2.69. The summed E-state index contributed by atoms with van der Waals surface area (Å²) < 4.78 is 15.1. The van der Waals surface area contributed by atoms with Crippen LogP contribution in [-0.4, -0.2) is 0 Å². The second kappa shape index (κ2) is 7.54. The molecule has 4 aromatic rings. The smallest absolute Gasteiger partial charge is 0.138 e. The van der Waals surface area contributed by atoms with Gasteiger partial charge in [0.1, 0.15) is 5.82 Å². The molecule has 4 rings (SSSR count). The van der Waals surface area contributed by atoms with E-state index in [1.165, 1.54) is 5.56 Å². The van der Waals surface area contributed by atoms with E-state index in [1.54, 1.807) is 0 Å². The Morgan fingerprint density at radius 2 is 1.37 bits per heavy atom. The summed E-state index contributed by atoms with van der Waals surface area (Å²) in [7, 11) is 0. The van der Waals surface area contributed by atoms with Gasteiger partial charge in [0.2, 0.25) is 0 Å². The minimum atomic E-state index is -0.158. The molecule has 0 radical (unpaired) electrons. The standard InChI is InChI=1S/C25H20ClF/c1-2-3-17-4-14-24-21(16-17)11-15-23(25(24)27)20-7-5-18(6-8-20)19-9-12-22(26)13-10-19/h4-16H,2-3H2,1H3. The highest BCUT2D eigenvalue weighted by Gasteiger charge is 2.10. The van der Waals surface area contributed by atoms with Crippen molar-refractivity contribution in [2.24, 2.45) is 0 Å². The lowest BCUT2D eigenvalue weighted by Crippen LogP contribution is -1.89. The maximum Gasteiger partial charge on any atom is 0.138 e. The van der Waals surface area contributed by atoms with Gasteiger partial charge in [-0.15, -0.1) is 0 Å². The first-order chi connectivity index (χ1) is 13.2. The highest BCUT2D eigenvalue weighted by Crippen LogP contribution is 2.31. The number of halogens is 2. The molecule has 0 aliphatic carbocycles. The molecule has 0 N–H and O–H groups in total. The van der Waals surface area contributed by atoms with Crippen LogP contribution in [0.5, 0.6) is 0 Å². The molecule has 0 fully saturated rings. The van der Waals surface area contributed by atoms with Crippen molar-refractivity contribution in [1.29, 1.82) is 0 Å². The topological polar surface area (TPSA) is 0 Å². The second-order valence-electron chi connectivity index (χ2n) is 6.82. The van der Waals surface area contributed by atoms with Gasteiger partial charge in [0, 0.05) is 16.0 Å². The lowest BCUT2D eigenvalue weighted by atomic mass is 9.96. The molecule has 4 aromatic carbocycles. The van der Waals surface area contributed by atoms with Gasteiger partial charge in [-0.25, -0.2) is 4.39 Å². The van der Waals surface area contributed by atoms with E-state index >= 15 is 4.39 Å². The van der Waals surface area contributed by atoms with Gasteiger partial charge in [0.05, 0.1) is 0 Å². The molecule has 0 aliphatic heterocycles. The van der Waals surface area contributed by atoms with Crippen LogP contribution in [0.2, 0.25) is 5.02 Å². The van der Waals surface area contributed by atoms with E-state index in [9.17, 15) is 0 Å². The average molecular weight is 375 g/mol. The summed E-state index contributed by atoms with van der Waals surface area (Å²) in [5.74, 6) is -0.158. The third kappa shape index (κ3) is 3.61. The molecular formula is C25H20ClF. The molecule has 27 heavy (non-hydrogen) atoms. The maximum atomic E-state index is 15.1. The van der Waals surface area contributed by atoms with Crippen molar-refractivity contribution in [2.75, 3.05) is 0 Å². The lowest BCUT2D eigenvalue weighted by Gasteiger charge is -2.10. The first kappa shape index (κ1) is 17.8.